The van der Waals surface area contributed by atoms with Crippen LogP contribution in [-0.4, -0.2) is 21.3 Å². The Bertz CT molecular complexity index is 471. The van der Waals surface area contributed by atoms with Crippen LogP contribution >= 0.6 is 0 Å². The fourth-order valence-corrected chi connectivity index (χ4v) is 1.65. The van der Waals surface area contributed by atoms with Gasteiger partial charge in [0.2, 0.25) is 0 Å². The van der Waals surface area contributed by atoms with Crippen LogP contribution in [0, 0.1) is 11.3 Å². The molecule has 1 aromatic rings. The Morgan fingerprint density at radius 3 is 2.44 bits per heavy atom. The fourth-order valence-electron chi connectivity index (χ4n) is 1.23. The number of hydrogen-bond donors (Lipinski definition) is 0. The van der Waals surface area contributed by atoms with Crippen LogP contribution in [-0.2, 0) is 20.7 Å². The first-order valence-corrected chi connectivity index (χ1v) is 6.66. The van der Waals surface area contributed by atoms with Crippen molar-refractivity contribution in [2.24, 2.45) is 0 Å². The zero-order chi connectivity index (χ0) is 12.0. The number of nitrogens with zero attached hydrogens (tertiary/aromatic N) is 1. The van der Waals surface area contributed by atoms with Crippen molar-refractivity contribution in [3.05, 3.63) is 35.4 Å². The molecule has 5 heteroatoms. The van der Waals surface area contributed by atoms with Gasteiger partial charge in [0.25, 0.3) is 10.1 Å². The van der Waals surface area contributed by atoms with E-state index in [0.29, 0.717) is 12.0 Å². The zero-order valence-corrected chi connectivity index (χ0v) is 9.83. The van der Waals surface area contributed by atoms with E-state index in [1.807, 2.05) is 18.2 Å². The van der Waals surface area contributed by atoms with E-state index >= 15 is 0 Å². The predicted molar refractivity (Wildman–Crippen MR) is 60.3 cm³/mol. The molecule has 0 atom stereocenters. The van der Waals surface area contributed by atoms with E-state index in [2.05, 4.69) is 4.18 Å². The zero-order valence-electron chi connectivity index (χ0n) is 9.01. The Hall–Kier alpha value is -1.38. The summed E-state index contributed by atoms with van der Waals surface area (Å²) in [4.78, 5) is 0. The van der Waals surface area contributed by atoms with Crippen molar-refractivity contribution < 1.29 is 12.6 Å². The predicted octanol–water partition coefficient (Wildman–Crippen LogP) is 1.47. The number of hydrogen-bond acceptors (Lipinski definition) is 4. The molecule has 16 heavy (non-hydrogen) atoms. The van der Waals surface area contributed by atoms with Gasteiger partial charge in [-0.2, -0.15) is 13.7 Å². The van der Waals surface area contributed by atoms with E-state index in [1.54, 1.807) is 12.1 Å². The van der Waals surface area contributed by atoms with Gasteiger partial charge in [0.05, 0.1) is 24.5 Å². The molecule has 0 aromatic heterocycles. The molecule has 0 saturated carbocycles. The van der Waals surface area contributed by atoms with Crippen LogP contribution in [0.1, 0.15) is 17.5 Å². The Kier molecular flexibility index (Phi) is 4.47. The maximum Gasteiger partial charge on any atom is 0.264 e. The van der Waals surface area contributed by atoms with Gasteiger partial charge >= 0.3 is 0 Å². The molecule has 4 nitrogen and oxygen atoms in total. The SMILES string of the molecule is CS(=O)(=O)OCCCc1ccc(C#N)cc1. The molecule has 0 fully saturated rings. The van der Waals surface area contributed by atoms with Crippen molar-refractivity contribution in [1.82, 2.24) is 0 Å². The van der Waals surface area contributed by atoms with E-state index in [9.17, 15) is 8.42 Å². The Balaban J connectivity index is 2.36. The number of nitriles is 1. The molecule has 0 heterocycles. The van der Waals surface area contributed by atoms with Crippen LogP contribution in [0.2, 0.25) is 0 Å². The van der Waals surface area contributed by atoms with Gasteiger partial charge in [-0.3, -0.25) is 4.18 Å². The number of aryl methyl sites for hydroxylation is 1. The summed E-state index contributed by atoms with van der Waals surface area (Å²) in [7, 11) is -3.33. The highest BCUT2D eigenvalue weighted by Gasteiger charge is 2.01. The van der Waals surface area contributed by atoms with Gasteiger partial charge in [0.1, 0.15) is 0 Å². The smallest absolute Gasteiger partial charge is 0.264 e. The molecule has 0 spiro atoms. The molecule has 0 aliphatic heterocycles. The van der Waals surface area contributed by atoms with E-state index in [0.717, 1.165) is 18.2 Å². The molecule has 1 aromatic carbocycles. The van der Waals surface area contributed by atoms with Crippen LogP contribution < -0.4 is 0 Å². The van der Waals surface area contributed by atoms with Crippen molar-refractivity contribution in [3.8, 4) is 6.07 Å². The quantitative estimate of drug-likeness (QED) is 0.576. The maximum absolute atomic E-state index is 10.7. The maximum atomic E-state index is 10.7. The lowest BCUT2D eigenvalue weighted by Crippen LogP contribution is -2.04. The van der Waals surface area contributed by atoms with Crippen molar-refractivity contribution in [3.63, 3.8) is 0 Å². The Morgan fingerprint density at radius 1 is 1.31 bits per heavy atom. The molecule has 0 unspecified atom stereocenters. The van der Waals surface area contributed by atoms with Crippen molar-refractivity contribution in [2.45, 2.75) is 12.8 Å². The average Bonchev–Trinajstić information content (AvgIpc) is 2.24. The van der Waals surface area contributed by atoms with Gasteiger partial charge in [-0.05, 0) is 30.5 Å². The molecule has 0 radical (unpaired) electrons. The first-order valence-electron chi connectivity index (χ1n) is 4.85. The molecule has 0 saturated heterocycles. The van der Waals surface area contributed by atoms with Gasteiger partial charge in [0.15, 0.2) is 0 Å². The van der Waals surface area contributed by atoms with Gasteiger partial charge in [0, 0.05) is 0 Å². The van der Waals surface area contributed by atoms with Crippen molar-refractivity contribution in [2.75, 3.05) is 12.9 Å². The Labute approximate surface area is 95.6 Å². The highest BCUT2D eigenvalue weighted by molar-refractivity contribution is 7.85. The summed E-state index contributed by atoms with van der Waals surface area (Å²) in [6.07, 6.45) is 2.41. The lowest BCUT2D eigenvalue weighted by Gasteiger charge is -2.02. The van der Waals surface area contributed by atoms with Crippen LogP contribution in [0.15, 0.2) is 24.3 Å². The lowest BCUT2D eigenvalue weighted by molar-refractivity contribution is 0.316. The first kappa shape index (κ1) is 12.7. The van der Waals surface area contributed by atoms with Crippen molar-refractivity contribution in [1.29, 1.82) is 5.26 Å². The fraction of sp³-hybridized carbons (Fsp3) is 0.364. The molecule has 0 amide bonds. The van der Waals surface area contributed by atoms with Crippen LogP contribution in [0.4, 0.5) is 0 Å². The summed E-state index contributed by atoms with van der Waals surface area (Å²) in [5, 5.41) is 8.60. The van der Waals surface area contributed by atoms with Crippen molar-refractivity contribution >= 4 is 10.1 Å². The molecule has 1 rings (SSSR count). The molecule has 0 aliphatic carbocycles. The van der Waals surface area contributed by atoms with E-state index < -0.39 is 10.1 Å². The third kappa shape index (κ3) is 4.91. The van der Waals surface area contributed by atoms with E-state index in [-0.39, 0.29) is 6.61 Å². The second-order valence-corrected chi connectivity index (χ2v) is 5.08. The summed E-state index contributed by atoms with van der Waals surface area (Å²) in [5.41, 5.74) is 1.69. The molecule has 0 N–H and O–H groups in total. The van der Waals surface area contributed by atoms with E-state index in [1.165, 1.54) is 0 Å². The molecule has 0 bridgehead atoms. The normalized spacial score (nSPS) is 11.0. The summed E-state index contributed by atoms with van der Waals surface area (Å²) in [5.74, 6) is 0. The Morgan fingerprint density at radius 2 is 1.94 bits per heavy atom. The largest absolute Gasteiger partial charge is 0.270 e. The number of benzene rings is 1. The topological polar surface area (TPSA) is 67.2 Å². The summed E-state index contributed by atoms with van der Waals surface area (Å²) >= 11 is 0. The molecule has 0 aliphatic rings. The summed E-state index contributed by atoms with van der Waals surface area (Å²) < 4.78 is 26.0. The van der Waals surface area contributed by atoms with Crippen LogP contribution in [0.5, 0.6) is 0 Å². The standard InChI is InChI=1S/C11H13NO3S/c1-16(13,14)15-8-2-3-10-4-6-11(9-12)7-5-10/h4-7H,2-3,8H2,1H3. The minimum absolute atomic E-state index is 0.193. The van der Waals surface area contributed by atoms with Gasteiger partial charge in [-0.1, -0.05) is 12.1 Å². The highest BCUT2D eigenvalue weighted by atomic mass is 32.2. The minimum Gasteiger partial charge on any atom is -0.270 e. The van der Waals surface area contributed by atoms with Gasteiger partial charge in [-0.25, -0.2) is 0 Å². The van der Waals surface area contributed by atoms with E-state index in [4.69, 9.17) is 5.26 Å². The second kappa shape index (κ2) is 5.64. The molecular weight excluding hydrogens is 226 g/mol. The minimum atomic E-state index is -3.33. The highest BCUT2D eigenvalue weighted by Crippen LogP contribution is 2.06. The van der Waals surface area contributed by atoms with Gasteiger partial charge in [-0.15, -0.1) is 0 Å². The molecular formula is C11H13NO3S. The average molecular weight is 239 g/mol. The summed E-state index contributed by atoms with van der Waals surface area (Å²) in [6, 6.07) is 9.24. The number of rotatable bonds is 5. The van der Waals surface area contributed by atoms with Gasteiger partial charge < -0.3 is 0 Å². The summed E-state index contributed by atoms with van der Waals surface area (Å²) in [6.45, 7) is 0.193. The second-order valence-electron chi connectivity index (χ2n) is 3.44. The van der Waals surface area contributed by atoms with Crippen LogP contribution in [0.25, 0.3) is 0 Å². The molecule has 86 valence electrons. The third-order valence-electron chi connectivity index (χ3n) is 1.99. The monoisotopic (exact) mass is 239 g/mol. The van der Waals surface area contributed by atoms with Crippen LogP contribution in [0.3, 0.4) is 0 Å². The first-order chi connectivity index (χ1) is 7.51. The lowest BCUT2D eigenvalue weighted by atomic mass is 10.1. The third-order valence-corrected chi connectivity index (χ3v) is 2.59.